The topological polar surface area (TPSA) is 102 Å². The van der Waals surface area contributed by atoms with Gasteiger partial charge in [0.15, 0.2) is 0 Å². The molecular formula is C24H25FNO6P. The molecule has 0 heterocycles. The first-order chi connectivity index (χ1) is 15.7. The van der Waals surface area contributed by atoms with Crippen molar-refractivity contribution in [1.29, 1.82) is 0 Å². The highest BCUT2D eigenvalue weighted by Crippen LogP contribution is 2.57. The summed E-state index contributed by atoms with van der Waals surface area (Å²) in [4.78, 5) is 23.5. The summed E-state index contributed by atoms with van der Waals surface area (Å²) in [7, 11) is -4.34. The van der Waals surface area contributed by atoms with Crippen LogP contribution >= 0.6 is 7.52 Å². The minimum atomic E-state index is -4.34. The lowest BCUT2D eigenvalue weighted by atomic mass is 10.0. The van der Waals surface area contributed by atoms with Crippen LogP contribution in [0.3, 0.4) is 0 Å². The predicted octanol–water partition coefficient (Wildman–Crippen LogP) is 5.71. The minimum Gasteiger partial charge on any atom is -0.478 e. The molecule has 0 saturated carbocycles. The van der Waals surface area contributed by atoms with Crippen molar-refractivity contribution in [2.24, 2.45) is 0 Å². The molecule has 0 aromatic heterocycles. The number of aromatic carboxylic acids is 1. The summed E-state index contributed by atoms with van der Waals surface area (Å²) in [6, 6.07) is 15.9. The van der Waals surface area contributed by atoms with Gasteiger partial charge in [-0.1, -0.05) is 43.3 Å². The van der Waals surface area contributed by atoms with Crippen LogP contribution in [0.25, 0.3) is 10.8 Å². The van der Waals surface area contributed by atoms with Crippen molar-refractivity contribution in [2.45, 2.75) is 32.2 Å². The predicted molar refractivity (Wildman–Crippen MR) is 123 cm³/mol. The van der Waals surface area contributed by atoms with Crippen LogP contribution in [-0.4, -0.2) is 29.7 Å². The lowest BCUT2D eigenvalue weighted by molar-refractivity contribution is -0.145. The zero-order valence-corrected chi connectivity index (χ0v) is 19.1. The maximum absolute atomic E-state index is 15.8. The first-order valence-corrected chi connectivity index (χ1v) is 12.1. The van der Waals surface area contributed by atoms with E-state index in [-0.39, 0.29) is 23.5 Å². The lowest BCUT2D eigenvalue weighted by Gasteiger charge is -2.26. The fourth-order valence-electron chi connectivity index (χ4n) is 3.17. The van der Waals surface area contributed by atoms with Gasteiger partial charge in [-0.2, -0.15) is 0 Å². The number of carbonyl (C=O) groups excluding carboxylic acids is 1. The molecule has 3 atom stereocenters. The molecular weight excluding hydrogens is 448 g/mol. The van der Waals surface area contributed by atoms with E-state index in [2.05, 4.69) is 5.09 Å². The molecule has 9 heteroatoms. The molecule has 0 fully saturated rings. The number of ether oxygens (including phenoxy) is 1. The van der Waals surface area contributed by atoms with Gasteiger partial charge in [0.05, 0.1) is 12.2 Å². The highest BCUT2D eigenvalue weighted by molar-refractivity contribution is 7.57. The van der Waals surface area contributed by atoms with Gasteiger partial charge in [0.1, 0.15) is 11.8 Å². The van der Waals surface area contributed by atoms with Gasteiger partial charge in [-0.05, 0) is 60.0 Å². The summed E-state index contributed by atoms with van der Waals surface area (Å²) in [6.07, 6.45) is 0.609. The Hall–Kier alpha value is -3.22. The second kappa shape index (κ2) is 10.6. The smallest absolute Gasteiger partial charge is 0.355 e. The normalized spacial score (nSPS) is 14.8. The van der Waals surface area contributed by atoms with E-state index in [9.17, 15) is 19.3 Å². The van der Waals surface area contributed by atoms with Crippen molar-refractivity contribution in [2.75, 3.05) is 6.61 Å². The monoisotopic (exact) mass is 473 g/mol. The van der Waals surface area contributed by atoms with Gasteiger partial charge >= 0.3 is 19.5 Å². The Balaban J connectivity index is 1.97. The van der Waals surface area contributed by atoms with Gasteiger partial charge < -0.3 is 14.4 Å². The summed E-state index contributed by atoms with van der Waals surface area (Å²) < 4.78 is 40.2. The average molecular weight is 473 g/mol. The van der Waals surface area contributed by atoms with Gasteiger partial charge in [0, 0.05) is 0 Å². The van der Waals surface area contributed by atoms with E-state index < -0.39 is 31.4 Å². The fourth-order valence-corrected chi connectivity index (χ4v) is 5.08. The number of alkyl halides is 1. The number of hydrogen-bond donors (Lipinski definition) is 2. The molecule has 2 unspecified atom stereocenters. The zero-order valence-electron chi connectivity index (χ0n) is 18.2. The van der Waals surface area contributed by atoms with E-state index in [1.807, 2.05) is 6.92 Å². The third-order valence-corrected chi connectivity index (χ3v) is 6.97. The lowest BCUT2D eigenvalue weighted by Crippen LogP contribution is -2.35. The first-order valence-electron chi connectivity index (χ1n) is 10.4. The van der Waals surface area contributed by atoms with Crippen LogP contribution in [0.1, 0.15) is 42.1 Å². The molecule has 3 rings (SSSR count). The fraction of sp³-hybridized carbons (Fsp3) is 0.250. The highest BCUT2D eigenvalue weighted by Gasteiger charge is 2.40. The molecule has 33 heavy (non-hydrogen) atoms. The van der Waals surface area contributed by atoms with Gasteiger partial charge in [-0.25, -0.2) is 14.3 Å². The number of para-hydroxylation sites is 1. The highest BCUT2D eigenvalue weighted by atomic mass is 31.2. The molecule has 0 aliphatic rings. The number of hydrogen-bond acceptors (Lipinski definition) is 5. The third kappa shape index (κ3) is 5.97. The molecule has 174 valence electrons. The summed E-state index contributed by atoms with van der Waals surface area (Å²) in [5.74, 6) is -3.76. The summed E-state index contributed by atoms with van der Waals surface area (Å²) >= 11 is 0. The van der Waals surface area contributed by atoms with Crippen LogP contribution in [0.15, 0.2) is 66.7 Å². The maximum Gasteiger partial charge on any atom is 0.355 e. The number of esters is 1. The zero-order chi connectivity index (χ0) is 24.0. The molecule has 0 bridgehead atoms. The number of carbonyl (C=O) groups is 2. The van der Waals surface area contributed by atoms with E-state index in [1.54, 1.807) is 30.3 Å². The van der Waals surface area contributed by atoms with Crippen molar-refractivity contribution < 1.29 is 32.9 Å². The van der Waals surface area contributed by atoms with Gasteiger partial charge in [0.2, 0.25) is 5.91 Å². The standard InChI is InChI=1S/C24H25FNO6P/c1-3-13-31-24(29)16(2)26-33(30,32-21-7-5-4-6-8-21)22(25)18-11-9-17-10-12-19(23(27)28)15-20(17)14-18/h4-12,14-16,22H,3,13H2,1-2H3,(H,26,30)(H,27,28)/t16-,22?,33?/m0/s1. The van der Waals surface area contributed by atoms with Gasteiger partial charge in [0.25, 0.3) is 0 Å². The van der Waals surface area contributed by atoms with Crippen LogP contribution in [0.5, 0.6) is 5.75 Å². The van der Waals surface area contributed by atoms with E-state index in [4.69, 9.17) is 9.26 Å². The number of rotatable bonds is 10. The maximum atomic E-state index is 15.8. The molecule has 0 amide bonds. The van der Waals surface area contributed by atoms with Crippen molar-refractivity contribution in [3.8, 4) is 5.75 Å². The molecule has 3 aromatic carbocycles. The molecule has 0 aliphatic heterocycles. The average Bonchev–Trinajstić information content (AvgIpc) is 2.81. The molecule has 0 spiro atoms. The third-order valence-electron chi connectivity index (χ3n) is 4.84. The van der Waals surface area contributed by atoms with Crippen LogP contribution in [-0.2, 0) is 14.1 Å². The summed E-state index contributed by atoms with van der Waals surface area (Å²) in [5, 5.41) is 12.9. The van der Waals surface area contributed by atoms with Crippen LogP contribution in [0.2, 0.25) is 0 Å². The number of carboxylic acids is 1. The van der Waals surface area contributed by atoms with Crippen LogP contribution in [0.4, 0.5) is 4.39 Å². The van der Waals surface area contributed by atoms with E-state index >= 15 is 4.39 Å². The molecule has 7 nitrogen and oxygen atoms in total. The van der Waals surface area contributed by atoms with Gasteiger partial charge in [-0.3, -0.25) is 9.36 Å². The van der Waals surface area contributed by atoms with Crippen molar-refractivity contribution in [1.82, 2.24) is 5.09 Å². The molecule has 0 radical (unpaired) electrons. The van der Waals surface area contributed by atoms with E-state index in [0.29, 0.717) is 17.2 Å². The molecule has 0 aliphatic carbocycles. The number of nitrogens with one attached hydrogen (secondary N) is 1. The first kappa shape index (κ1) is 24.4. The number of halogens is 1. The minimum absolute atomic E-state index is 0.0194. The van der Waals surface area contributed by atoms with Crippen LogP contribution < -0.4 is 9.61 Å². The molecule has 0 saturated heterocycles. The van der Waals surface area contributed by atoms with Crippen LogP contribution in [0, 0.1) is 0 Å². The Bertz CT molecular complexity index is 1190. The number of fused-ring (bicyclic) bond motifs is 1. The quantitative estimate of drug-likeness (QED) is 0.287. The largest absolute Gasteiger partial charge is 0.478 e. The van der Waals surface area contributed by atoms with Crippen molar-refractivity contribution >= 4 is 30.2 Å². The Morgan fingerprint density at radius 2 is 1.76 bits per heavy atom. The van der Waals surface area contributed by atoms with Gasteiger partial charge in [-0.15, -0.1) is 0 Å². The Morgan fingerprint density at radius 1 is 1.06 bits per heavy atom. The van der Waals surface area contributed by atoms with Crippen molar-refractivity contribution in [3.63, 3.8) is 0 Å². The Kier molecular flexibility index (Phi) is 7.84. The summed E-state index contributed by atoms with van der Waals surface area (Å²) in [6.45, 7) is 3.44. The van der Waals surface area contributed by atoms with E-state index in [1.165, 1.54) is 43.3 Å². The second-order valence-corrected chi connectivity index (χ2v) is 9.57. The SMILES string of the molecule is CCCOC(=O)[C@H](C)NP(=O)(Oc1ccccc1)C(F)c1ccc2ccc(C(=O)O)cc2c1. The molecule has 3 aromatic rings. The van der Waals surface area contributed by atoms with Crippen molar-refractivity contribution in [3.05, 3.63) is 77.9 Å². The number of benzene rings is 3. The van der Waals surface area contributed by atoms with E-state index in [0.717, 1.165) is 0 Å². The molecule has 2 N–H and O–H groups in total. The number of carboxylic acid groups (broad SMARTS) is 1. The summed E-state index contributed by atoms with van der Waals surface area (Å²) in [5.41, 5.74) is 0.0649. The Morgan fingerprint density at radius 3 is 2.42 bits per heavy atom. The second-order valence-electron chi connectivity index (χ2n) is 7.48. The Labute approximate surface area is 191 Å².